The molecule has 2 aliphatic carbocycles. The molecule has 0 spiro atoms. The molecule has 116 valence electrons. The van der Waals surface area contributed by atoms with Gasteiger partial charge in [-0.3, -0.25) is 4.90 Å². The summed E-state index contributed by atoms with van der Waals surface area (Å²) in [6, 6.07) is 1.40. The summed E-state index contributed by atoms with van der Waals surface area (Å²) in [6.07, 6.45) is 13.1. The molecule has 1 saturated heterocycles. The first-order valence-electron chi connectivity index (χ1n) is 8.91. The van der Waals surface area contributed by atoms with Crippen molar-refractivity contribution in [2.45, 2.75) is 76.0 Å². The molecule has 2 saturated carbocycles. The van der Waals surface area contributed by atoms with Gasteiger partial charge >= 0.3 is 0 Å². The number of hydrogen-bond donors (Lipinski definition) is 1. The number of nitrogens with one attached hydrogen (secondary N) is 1. The average molecular weight is 280 g/mol. The van der Waals surface area contributed by atoms with Crippen LogP contribution in [0.3, 0.4) is 0 Å². The van der Waals surface area contributed by atoms with Gasteiger partial charge in [0.05, 0.1) is 12.7 Å². The fourth-order valence-electron chi connectivity index (χ4n) is 4.67. The third-order valence-electron chi connectivity index (χ3n) is 5.87. The zero-order valence-electron chi connectivity index (χ0n) is 13.2. The van der Waals surface area contributed by atoms with E-state index in [1.54, 1.807) is 0 Å². The van der Waals surface area contributed by atoms with E-state index >= 15 is 0 Å². The summed E-state index contributed by atoms with van der Waals surface area (Å²) in [5.41, 5.74) is 0. The highest BCUT2D eigenvalue weighted by Crippen LogP contribution is 2.31. The Hall–Kier alpha value is -0.120. The van der Waals surface area contributed by atoms with Crippen LogP contribution in [-0.4, -0.2) is 49.8 Å². The fourth-order valence-corrected chi connectivity index (χ4v) is 4.67. The SMILES string of the molecule is CNC(CN1CCOC2CCCCC21)C1CCCCC1. The first-order chi connectivity index (χ1) is 9.88. The topological polar surface area (TPSA) is 24.5 Å². The lowest BCUT2D eigenvalue weighted by Gasteiger charge is -2.46. The number of nitrogens with zero attached hydrogens (tertiary/aromatic N) is 1. The molecular weight excluding hydrogens is 248 g/mol. The highest BCUT2D eigenvalue weighted by atomic mass is 16.5. The molecule has 1 heterocycles. The van der Waals surface area contributed by atoms with Gasteiger partial charge in [-0.2, -0.15) is 0 Å². The zero-order valence-corrected chi connectivity index (χ0v) is 13.2. The van der Waals surface area contributed by atoms with Gasteiger partial charge in [-0.15, -0.1) is 0 Å². The second kappa shape index (κ2) is 7.24. The first kappa shape index (κ1) is 14.8. The van der Waals surface area contributed by atoms with Crippen molar-refractivity contribution < 1.29 is 4.74 Å². The standard InChI is InChI=1S/C17H32N2O/c1-18-15(14-7-3-2-4-8-14)13-19-11-12-20-17-10-6-5-9-16(17)19/h14-18H,2-13H2,1H3. The van der Waals surface area contributed by atoms with E-state index in [4.69, 9.17) is 4.74 Å². The summed E-state index contributed by atoms with van der Waals surface area (Å²) in [6.45, 7) is 3.33. The molecule has 3 unspecified atom stereocenters. The molecule has 0 bridgehead atoms. The summed E-state index contributed by atoms with van der Waals surface area (Å²) in [7, 11) is 2.16. The van der Waals surface area contributed by atoms with E-state index < -0.39 is 0 Å². The molecule has 1 aliphatic heterocycles. The summed E-state index contributed by atoms with van der Waals surface area (Å²) < 4.78 is 6.01. The minimum atomic E-state index is 0.529. The molecule has 20 heavy (non-hydrogen) atoms. The van der Waals surface area contributed by atoms with Gasteiger partial charge in [0.1, 0.15) is 0 Å². The summed E-state index contributed by atoms with van der Waals surface area (Å²) >= 11 is 0. The molecule has 3 nitrogen and oxygen atoms in total. The number of ether oxygens (including phenoxy) is 1. The van der Waals surface area contributed by atoms with Gasteiger partial charge in [0.25, 0.3) is 0 Å². The fraction of sp³-hybridized carbons (Fsp3) is 1.00. The largest absolute Gasteiger partial charge is 0.375 e. The quantitative estimate of drug-likeness (QED) is 0.857. The minimum absolute atomic E-state index is 0.529. The molecule has 3 aliphatic rings. The second-order valence-electron chi connectivity index (χ2n) is 7.05. The van der Waals surface area contributed by atoms with Crippen LogP contribution in [0.15, 0.2) is 0 Å². The van der Waals surface area contributed by atoms with Crippen molar-refractivity contribution in [3.8, 4) is 0 Å². The van der Waals surface area contributed by atoms with E-state index in [2.05, 4.69) is 17.3 Å². The van der Waals surface area contributed by atoms with E-state index in [0.29, 0.717) is 18.2 Å². The monoisotopic (exact) mass is 280 g/mol. The number of hydrogen-bond acceptors (Lipinski definition) is 3. The van der Waals surface area contributed by atoms with Crippen LogP contribution in [0.4, 0.5) is 0 Å². The van der Waals surface area contributed by atoms with Crippen LogP contribution in [0.5, 0.6) is 0 Å². The average Bonchev–Trinajstić information content (AvgIpc) is 2.53. The minimum Gasteiger partial charge on any atom is -0.375 e. The lowest BCUT2D eigenvalue weighted by atomic mass is 9.83. The lowest BCUT2D eigenvalue weighted by Crippen LogP contribution is -2.56. The van der Waals surface area contributed by atoms with Gasteiger partial charge < -0.3 is 10.1 Å². The van der Waals surface area contributed by atoms with Crippen LogP contribution in [0.2, 0.25) is 0 Å². The van der Waals surface area contributed by atoms with Gasteiger partial charge in [0.15, 0.2) is 0 Å². The van der Waals surface area contributed by atoms with Crippen LogP contribution in [0.1, 0.15) is 57.8 Å². The molecule has 0 aromatic carbocycles. The van der Waals surface area contributed by atoms with Crippen LogP contribution in [-0.2, 0) is 4.74 Å². The van der Waals surface area contributed by atoms with E-state index in [-0.39, 0.29) is 0 Å². The predicted octanol–water partition coefficient (Wildman–Crippen LogP) is 2.80. The second-order valence-corrected chi connectivity index (χ2v) is 7.05. The van der Waals surface area contributed by atoms with Crippen LogP contribution in [0, 0.1) is 5.92 Å². The zero-order chi connectivity index (χ0) is 13.8. The van der Waals surface area contributed by atoms with Crippen molar-refractivity contribution in [2.24, 2.45) is 5.92 Å². The molecule has 0 amide bonds. The maximum absolute atomic E-state index is 6.01. The number of fused-ring (bicyclic) bond motifs is 1. The van der Waals surface area contributed by atoms with Gasteiger partial charge in [-0.1, -0.05) is 32.1 Å². The third-order valence-corrected chi connectivity index (χ3v) is 5.87. The number of rotatable bonds is 4. The van der Waals surface area contributed by atoms with Gasteiger partial charge in [-0.25, -0.2) is 0 Å². The number of likely N-dealkylation sites (N-methyl/N-ethyl adjacent to an activating group) is 1. The van der Waals surface area contributed by atoms with E-state index in [1.807, 2.05) is 0 Å². The van der Waals surface area contributed by atoms with Crippen molar-refractivity contribution in [1.29, 1.82) is 0 Å². The Morgan fingerprint density at radius 2 is 1.80 bits per heavy atom. The smallest absolute Gasteiger partial charge is 0.0730 e. The highest BCUT2D eigenvalue weighted by Gasteiger charge is 2.36. The Morgan fingerprint density at radius 1 is 1.05 bits per heavy atom. The molecule has 0 aromatic heterocycles. The van der Waals surface area contributed by atoms with E-state index in [0.717, 1.165) is 19.1 Å². The first-order valence-corrected chi connectivity index (χ1v) is 8.91. The summed E-state index contributed by atoms with van der Waals surface area (Å²) in [5, 5.41) is 3.63. The Morgan fingerprint density at radius 3 is 2.60 bits per heavy atom. The Bertz CT molecular complexity index is 289. The molecular formula is C17H32N2O. The predicted molar refractivity (Wildman–Crippen MR) is 83.0 cm³/mol. The third kappa shape index (κ3) is 3.37. The molecule has 1 N–H and O–H groups in total. The molecule has 0 radical (unpaired) electrons. The van der Waals surface area contributed by atoms with Crippen LogP contribution in [0.25, 0.3) is 0 Å². The number of morpholine rings is 1. The Kier molecular flexibility index (Phi) is 5.36. The van der Waals surface area contributed by atoms with Gasteiger partial charge in [-0.05, 0) is 38.6 Å². The normalized spacial score (nSPS) is 34.6. The van der Waals surface area contributed by atoms with Gasteiger partial charge in [0.2, 0.25) is 0 Å². The molecule has 3 rings (SSSR count). The van der Waals surface area contributed by atoms with E-state index in [1.165, 1.54) is 64.3 Å². The molecule has 3 heteroatoms. The summed E-state index contributed by atoms with van der Waals surface area (Å²) in [4.78, 5) is 2.75. The van der Waals surface area contributed by atoms with Crippen LogP contribution < -0.4 is 5.32 Å². The molecule has 3 atom stereocenters. The maximum atomic E-state index is 6.01. The van der Waals surface area contributed by atoms with Crippen molar-refractivity contribution in [3.63, 3.8) is 0 Å². The summed E-state index contributed by atoms with van der Waals surface area (Å²) in [5.74, 6) is 0.902. The van der Waals surface area contributed by atoms with Crippen molar-refractivity contribution in [3.05, 3.63) is 0 Å². The van der Waals surface area contributed by atoms with Crippen molar-refractivity contribution in [2.75, 3.05) is 26.7 Å². The highest BCUT2D eigenvalue weighted by molar-refractivity contribution is 4.90. The Labute approximate surface area is 124 Å². The van der Waals surface area contributed by atoms with Gasteiger partial charge in [0, 0.05) is 25.2 Å². The Balaban J connectivity index is 1.58. The van der Waals surface area contributed by atoms with E-state index in [9.17, 15) is 0 Å². The molecule has 3 fully saturated rings. The maximum Gasteiger partial charge on any atom is 0.0730 e. The van der Waals surface area contributed by atoms with Crippen molar-refractivity contribution in [1.82, 2.24) is 10.2 Å². The van der Waals surface area contributed by atoms with Crippen molar-refractivity contribution >= 4 is 0 Å². The van der Waals surface area contributed by atoms with Crippen LogP contribution >= 0.6 is 0 Å². The lowest BCUT2D eigenvalue weighted by molar-refractivity contribution is -0.0918. The molecule has 0 aromatic rings.